The summed E-state index contributed by atoms with van der Waals surface area (Å²) in [5.74, 6) is -0.857. The highest BCUT2D eigenvalue weighted by Crippen LogP contribution is 2.10. The molecule has 1 N–H and O–H groups in total. The predicted molar refractivity (Wildman–Crippen MR) is 43.2 cm³/mol. The summed E-state index contributed by atoms with van der Waals surface area (Å²) in [6.07, 6.45) is 7.75. The van der Waals surface area contributed by atoms with E-state index in [1.165, 1.54) is 5.57 Å². The van der Waals surface area contributed by atoms with Gasteiger partial charge in [-0.1, -0.05) is 23.8 Å². The highest BCUT2D eigenvalue weighted by molar-refractivity contribution is 5.90. The number of aliphatic carboxylic acids is 1. The number of hydrogen-bond donors (Lipinski definition) is 1. The van der Waals surface area contributed by atoms with E-state index < -0.39 is 5.97 Å². The number of allylic oxidation sites excluding steroid dienone is 4. The molecule has 1 aliphatic carbocycles. The van der Waals surface area contributed by atoms with E-state index in [1.807, 2.05) is 13.0 Å². The molecule has 0 saturated carbocycles. The number of hydrogen-bond acceptors (Lipinski definition) is 1. The van der Waals surface area contributed by atoms with Crippen molar-refractivity contribution in [1.29, 1.82) is 0 Å². The molecule has 11 heavy (non-hydrogen) atoms. The van der Waals surface area contributed by atoms with Crippen LogP contribution in [0.1, 0.15) is 13.3 Å². The van der Waals surface area contributed by atoms with Crippen LogP contribution in [0.5, 0.6) is 0 Å². The maximum absolute atomic E-state index is 10.5. The van der Waals surface area contributed by atoms with Crippen molar-refractivity contribution in [3.63, 3.8) is 0 Å². The lowest BCUT2D eigenvalue weighted by atomic mass is 10.2. The lowest BCUT2D eigenvalue weighted by Gasteiger charge is -1.91. The molecule has 0 atom stereocenters. The Kier molecular flexibility index (Phi) is 2.26. The van der Waals surface area contributed by atoms with Gasteiger partial charge in [-0.15, -0.1) is 0 Å². The first-order valence-corrected chi connectivity index (χ1v) is 3.47. The van der Waals surface area contributed by atoms with Gasteiger partial charge in [-0.05, 0) is 19.4 Å². The van der Waals surface area contributed by atoms with Crippen molar-refractivity contribution < 1.29 is 9.90 Å². The second kappa shape index (κ2) is 3.19. The molecule has 0 fully saturated rings. The summed E-state index contributed by atoms with van der Waals surface area (Å²) in [6, 6.07) is 0. The Bertz CT molecular complexity index is 257. The fourth-order valence-electron chi connectivity index (χ4n) is 0.882. The lowest BCUT2D eigenvalue weighted by Crippen LogP contribution is -1.96. The lowest BCUT2D eigenvalue weighted by molar-refractivity contribution is -0.132. The third-order valence-electron chi connectivity index (χ3n) is 1.55. The fourth-order valence-corrected chi connectivity index (χ4v) is 0.882. The van der Waals surface area contributed by atoms with Crippen LogP contribution in [0.3, 0.4) is 0 Å². The van der Waals surface area contributed by atoms with Crippen LogP contribution in [0.15, 0.2) is 35.5 Å². The second-order valence-electron chi connectivity index (χ2n) is 2.54. The van der Waals surface area contributed by atoms with Crippen molar-refractivity contribution >= 4 is 5.97 Å². The van der Waals surface area contributed by atoms with Crippen molar-refractivity contribution in [2.75, 3.05) is 0 Å². The SMILES string of the molecule is CC1=CC=CC(C(=O)O)=CC1. The van der Waals surface area contributed by atoms with Crippen LogP contribution in [0, 0.1) is 0 Å². The summed E-state index contributed by atoms with van der Waals surface area (Å²) in [7, 11) is 0. The Morgan fingerprint density at radius 2 is 2.36 bits per heavy atom. The van der Waals surface area contributed by atoms with E-state index in [9.17, 15) is 4.79 Å². The summed E-state index contributed by atoms with van der Waals surface area (Å²) < 4.78 is 0. The number of carboxylic acids is 1. The van der Waals surface area contributed by atoms with Gasteiger partial charge in [0.1, 0.15) is 0 Å². The minimum absolute atomic E-state index is 0.373. The number of carbonyl (C=O) groups is 1. The molecular weight excluding hydrogens is 140 g/mol. The summed E-state index contributed by atoms with van der Waals surface area (Å²) in [6.45, 7) is 1.98. The molecule has 1 aliphatic rings. The Hall–Kier alpha value is -1.31. The van der Waals surface area contributed by atoms with E-state index in [0.717, 1.165) is 6.42 Å². The summed E-state index contributed by atoms with van der Waals surface area (Å²) in [5, 5.41) is 8.61. The average molecular weight is 150 g/mol. The van der Waals surface area contributed by atoms with Gasteiger partial charge in [0, 0.05) is 0 Å². The number of carboxylic acid groups (broad SMARTS) is 1. The zero-order valence-electron chi connectivity index (χ0n) is 6.37. The fraction of sp³-hybridized carbons (Fsp3) is 0.222. The molecule has 0 amide bonds. The normalized spacial score (nSPS) is 16.8. The maximum atomic E-state index is 10.5. The first kappa shape index (κ1) is 7.79. The minimum atomic E-state index is -0.857. The maximum Gasteiger partial charge on any atom is 0.335 e. The van der Waals surface area contributed by atoms with E-state index in [4.69, 9.17) is 5.11 Å². The molecule has 0 aromatic carbocycles. The first-order valence-electron chi connectivity index (χ1n) is 3.47. The quantitative estimate of drug-likeness (QED) is 0.619. The van der Waals surface area contributed by atoms with Crippen LogP contribution in [0.25, 0.3) is 0 Å². The second-order valence-corrected chi connectivity index (χ2v) is 2.54. The van der Waals surface area contributed by atoms with Crippen molar-refractivity contribution in [3.05, 3.63) is 35.5 Å². The summed E-state index contributed by atoms with van der Waals surface area (Å²) in [4.78, 5) is 10.5. The van der Waals surface area contributed by atoms with E-state index in [-0.39, 0.29) is 0 Å². The third-order valence-corrected chi connectivity index (χ3v) is 1.55. The molecule has 0 spiro atoms. The van der Waals surface area contributed by atoms with Gasteiger partial charge in [0.15, 0.2) is 0 Å². The van der Waals surface area contributed by atoms with Crippen LogP contribution in [-0.2, 0) is 4.79 Å². The van der Waals surface area contributed by atoms with Gasteiger partial charge in [0.2, 0.25) is 0 Å². The van der Waals surface area contributed by atoms with Crippen molar-refractivity contribution in [2.24, 2.45) is 0 Å². The Labute approximate surface area is 65.5 Å². The molecule has 0 aromatic rings. The molecule has 0 aliphatic heterocycles. The zero-order chi connectivity index (χ0) is 8.27. The summed E-state index contributed by atoms with van der Waals surface area (Å²) >= 11 is 0. The van der Waals surface area contributed by atoms with E-state index in [2.05, 4.69) is 0 Å². The predicted octanol–water partition coefficient (Wildman–Crippen LogP) is 1.90. The van der Waals surface area contributed by atoms with Gasteiger partial charge in [-0.25, -0.2) is 4.79 Å². The van der Waals surface area contributed by atoms with Crippen molar-refractivity contribution in [3.8, 4) is 0 Å². The highest BCUT2D eigenvalue weighted by atomic mass is 16.4. The molecule has 0 aromatic heterocycles. The van der Waals surface area contributed by atoms with Gasteiger partial charge in [0.25, 0.3) is 0 Å². The zero-order valence-corrected chi connectivity index (χ0v) is 6.37. The molecule has 0 radical (unpaired) electrons. The van der Waals surface area contributed by atoms with Gasteiger partial charge in [-0.3, -0.25) is 0 Å². The Balaban J connectivity index is 2.82. The van der Waals surface area contributed by atoms with Crippen LogP contribution in [0.4, 0.5) is 0 Å². The molecule has 0 unspecified atom stereocenters. The van der Waals surface area contributed by atoms with Crippen molar-refractivity contribution in [1.82, 2.24) is 0 Å². The van der Waals surface area contributed by atoms with E-state index in [1.54, 1.807) is 18.2 Å². The van der Waals surface area contributed by atoms with Crippen LogP contribution < -0.4 is 0 Å². The molecule has 1 rings (SSSR count). The van der Waals surface area contributed by atoms with Gasteiger partial charge < -0.3 is 5.11 Å². The molecule has 2 heteroatoms. The van der Waals surface area contributed by atoms with Gasteiger partial charge in [-0.2, -0.15) is 0 Å². The highest BCUT2D eigenvalue weighted by Gasteiger charge is 2.03. The van der Waals surface area contributed by atoms with Crippen molar-refractivity contribution in [2.45, 2.75) is 13.3 Å². The average Bonchev–Trinajstić information content (AvgIpc) is 2.13. The Morgan fingerprint density at radius 3 is 3.00 bits per heavy atom. The topological polar surface area (TPSA) is 37.3 Å². The summed E-state index contributed by atoms with van der Waals surface area (Å²) in [5.41, 5.74) is 1.55. The largest absolute Gasteiger partial charge is 0.478 e. The first-order chi connectivity index (χ1) is 5.20. The van der Waals surface area contributed by atoms with Gasteiger partial charge >= 0.3 is 5.97 Å². The van der Waals surface area contributed by atoms with E-state index in [0.29, 0.717) is 5.57 Å². The van der Waals surface area contributed by atoms with Crippen LogP contribution in [0.2, 0.25) is 0 Å². The molecule has 0 heterocycles. The molecule has 2 nitrogen and oxygen atoms in total. The Morgan fingerprint density at radius 1 is 1.64 bits per heavy atom. The van der Waals surface area contributed by atoms with Gasteiger partial charge in [0.05, 0.1) is 5.57 Å². The molecule has 58 valence electrons. The minimum Gasteiger partial charge on any atom is -0.478 e. The smallest absolute Gasteiger partial charge is 0.335 e. The molecule has 0 saturated heterocycles. The number of rotatable bonds is 1. The van der Waals surface area contributed by atoms with E-state index >= 15 is 0 Å². The standard InChI is InChI=1S/C9H10O2/c1-7-3-2-4-8(6-5-7)9(10)11/h2-4,6H,5H2,1H3,(H,10,11). The van der Waals surface area contributed by atoms with Crippen LogP contribution >= 0.6 is 0 Å². The van der Waals surface area contributed by atoms with Crippen LogP contribution in [-0.4, -0.2) is 11.1 Å². The monoisotopic (exact) mass is 150 g/mol. The molecule has 0 bridgehead atoms. The molecular formula is C9H10O2. The third kappa shape index (κ3) is 2.08.